The van der Waals surface area contributed by atoms with Crippen molar-refractivity contribution in [3.05, 3.63) is 59.7 Å². The molecule has 1 amide bonds. The minimum Gasteiger partial charge on any atom is -0.493 e. The number of nitrogens with zero attached hydrogens (tertiary/aromatic N) is 3. The Morgan fingerprint density at radius 3 is 1.71 bits per heavy atom. The number of ether oxygens (including phenoxy) is 2. The van der Waals surface area contributed by atoms with Crippen molar-refractivity contribution in [2.24, 2.45) is 0 Å². The summed E-state index contributed by atoms with van der Waals surface area (Å²) in [6.07, 6.45) is 0. The van der Waals surface area contributed by atoms with Gasteiger partial charge in [0.05, 0.1) is 20.3 Å². The molecule has 2 aromatic rings. The topological polar surface area (TPSA) is 194 Å². The molecular formula is C28H37N3O11. The summed E-state index contributed by atoms with van der Waals surface area (Å²) < 4.78 is 10.7. The zero-order chi connectivity index (χ0) is 31.8. The number of carboxylic acids is 4. The minimum atomic E-state index is -1.82. The van der Waals surface area contributed by atoms with Crippen molar-refractivity contribution in [3.63, 3.8) is 0 Å². The second-order valence-corrected chi connectivity index (χ2v) is 9.08. The molecule has 0 spiro atoms. The highest BCUT2D eigenvalue weighted by Gasteiger charge is 2.27. The second kappa shape index (κ2) is 17.9. The van der Waals surface area contributed by atoms with E-state index in [1.165, 1.54) is 5.56 Å². The highest BCUT2D eigenvalue weighted by Crippen LogP contribution is 2.28. The zero-order valence-corrected chi connectivity index (χ0v) is 23.9. The fraction of sp³-hybridized carbons (Fsp3) is 0.393. The quantitative estimate of drug-likeness (QED) is 0.320. The lowest BCUT2D eigenvalue weighted by molar-refractivity contribution is -0.159. The molecule has 2 aromatic carbocycles. The van der Waals surface area contributed by atoms with Crippen LogP contribution in [0.1, 0.15) is 18.1 Å². The van der Waals surface area contributed by atoms with E-state index < -0.39 is 23.9 Å². The highest BCUT2D eigenvalue weighted by atomic mass is 16.5. The number of methoxy groups -OCH3 is 2. The van der Waals surface area contributed by atoms with Gasteiger partial charge in [0.1, 0.15) is 0 Å². The molecule has 230 valence electrons. The summed E-state index contributed by atoms with van der Waals surface area (Å²) >= 11 is 0. The molecule has 1 heterocycles. The smallest absolute Gasteiger partial charge is 0.414 e. The molecule has 1 aliphatic heterocycles. The Hall–Kier alpha value is -4.69. The Balaban J connectivity index is 0.000000618. The number of carbonyl (C=O) groups is 5. The number of benzene rings is 2. The molecule has 0 aromatic heterocycles. The van der Waals surface area contributed by atoms with E-state index >= 15 is 0 Å². The predicted molar refractivity (Wildman–Crippen MR) is 149 cm³/mol. The number of hydrogen-bond donors (Lipinski definition) is 4. The van der Waals surface area contributed by atoms with Crippen molar-refractivity contribution < 1.29 is 53.9 Å². The Morgan fingerprint density at radius 2 is 1.26 bits per heavy atom. The molecule has 0 bridgehead atoms. The SMILES string of the molecule is COc1ccc(CN2CCN(C(C)C(=O)N(C)Cc3ccccc3)CC2)cc1OC.O=C(O)C(=O)O.O=C(O)C(=O)O. The van der Waals surface area contributed by atoms with Crippen LogP contribution in [-0.4, -0.2) is 118 Å². The Kier molecular flexibility index (Phi) is 15.0. The molecule has 0 radical (unpaired) electrons. The van der Waals surface area contributed by atoms with Crippen LogP contribution in [0.3, 0.4) is 0 Å². The number of carboxylic acid groups (broad SMARTS) is 4. The standard InChI is InChI=1S/C24H33N3O3.2C2H2O4/c1-19(24(28)25(2)17-20-8-6-5-7-9-20)27-14-12-26(13-15-27)18-21-10-11-22(29-3)23(16-21)30-4;2*3-1(4)2(5)6/h5-11,16,19H,12-15,17-18H2,1-4H3;2*(H,3,4)(H,5,6). The first-order valence-electron chi connectivity index (χ1n) is 12.7. The first-order valence-corrected chi connectivity index (χ1v) is 12.7. The fourth-order valence-corrected chi connectivity index (χ4v) is 3.96. The molecule has 4 N–H and O–H groups in total. The molecule has 1 atom stereocenters. The lowest BCUT2D eigenvalue weighted by atomic mass is 10.1. The first kappa shape index (κ1) is 35.3. The summed E-state index contributed by atoms with van der Waals surface area (Å²) in [6, 6.07) is 16.1. The van der Waals surface area contributed by atoms with Gasteiger partial charge in [0.15, 0.2) is 11.5 Å². The summed E-state index contributed by atoms with van der Waals surface area (Å²) in [5.41, 5.74) is 2.35. The number of rotatable bonds is 8. The predicted octanol–water partition coefficient (Wildman–Crippen LogP) is 1.18. The summed E-state index contributed by atoms with van der Waals surface area (Å²) in [6.45, 7) is 7.18. The molecule has 1 unspecified atom stereocenters. The molecule has 1 aliphatic rings. The van der Waals surface area contributed by atoms with E-state index in [1.807, 2.05) is 49.2 Å². The number of aliphatic carboxylic acids is 4. The zero-order valence-electron chi connectivity index (χ0n) is 23.9. The van der Waals surface area contributed by atoms with Crippen LogP contribution < -0.4 is 9.47 Å². The molecule has 3 rings (SSSR count). The fourth-order valence-electron chi connectivity index (χ4n) is 3.96. The maximum absolute atomic E-state index is 12.9. The van der Waals surface area contributed by atoms with Crippen LogP contribution in [0.2, 0.25) is 0 Å². The number of hydrogen-bond acceptors (Lipinski definition) is 9. The van der Waals surface area contributed by atoms with Crippen LogP contribution in [0.4, 0.5) is 0 Å². The average Bonchev–Trinajstić information content (AvgIpc) is 2.97. The summed E-state index contributed by atoms with van der Waals surface area (Å²) in [7, 11) is 5.20. The average molecular weight is 592 g/mol. The highest BCUT2D eigenvalue weighted by molar-refractivity contribution is 6.27. The van der Waals surface area contributed by atoms with E-state index in [2.05, 4.69) is 28.0 Å². The third-order valence-electron chi connectivity index (χ3n) is 6.17. The Bertz CT molecular complexity index is 1150. The monoisotopic (exact) mass is 591 g/mol. The van der Waals surface area contributed by atoms with Gasteiger partial charge >= 0.3 is 23.9 Å². The summed E-state index contributed by atoms with van der Waals surface area (Å²) in [4.78, 5) is 55.8. The van der Waals surface area contributed by atoms with E-state index in [0.717, 1.165) is 49.8 Å². The maximum atomic E-state index is 12.9. The van der Waals surface area contributed by atoms with Crippen molar-refractivity contribution >= 4 is 29.8 Å². The first-order chi connectivity index (χ1) is 19.8. The van der Waals surface area contributed by atoms with Crippen LogP contribution >= 0.6 is 0 Å². The summed E-state index contributed by atoms with van der Waals surface area (Å²) in [5, 5.41) is 29.6. The van der Waals surface area contributed by atoms with Crippen molar-refractivity contribution in [2.75, 3.05) is 47.4 Å². The third kappa shape index (κ3) is 12.2. The van der Waals surface area contributed by atoms with Crippen molar-refractivity contribution in [3.8, 4) is 11.5 Å². The van der Waals surface area contributed by atoms with E-state index in [9.17, 15) is 4.79 Å². The van der Waals surface area contributed by atoms with Gasteiger partial charge in [-0.2, -0.15) is 0 Å². The maximum Gasteiger partial charge on any atom is 0.414 e. The number of likely N-dealkylation sites (N-methyl/N-ethyl adjacent to an activating group) is 1. The van der Waals surface area contributed by atoms with Gasteiger partial charge in [-0.15, -0.1) is 0 Å². The van der Waals surface area contributed by atoms with Crippen LogP contribution in [-0.2, 0) is 37.1 Å². The molecule has 14 heteroatoms. The molecule has 0 aliphatic carbocycles. The van der Waals surface area contributed by atoms with Gasteiger partial charge in [0, 0.05) is 46.3 Å². The summed E-state index contributed by atoms with van der Waals surface area (Å²) in [5.74, 6) is -5.62. The van der Waals surface area contributed by atoms with Crippen molar-refractivity contribution in [2.45, 2.75) is 26.1 Å². The van der Waals surface area contributed by atoms with Crippen LogP contribution in [0.5, 0.6) is 11.5 Å². The normalized spacial score (nSPS) is 13.6. The van der Waals surface area contributed by atoms with Gasteiger partial charge in [-0.05, 0) is 30.2 Å². The van der Waals surface area contributed by atoms with Gasteiger partial charge in [-0.1, -0.05) is 36.4 Å². The van der Waals surface area contributed by atoms with Gasteiger partial charge in [0.2, 0.25) is 5.91 Å². The van der Waals surface area contributed by atoms with Gasteiger partial charge < -0.3 is 34.8 Å². The second-order valence-electron chi connectivity index (χ2n) is 9.08. The van der Waals surface area contributed by atoms with E-state index in [-0.39, 0.29) is 11.9 Å². The minimum absolute atomic E-state index is 0.109. The molecule has 1 saturated heterocycles. The van der Waals surface area contributed by atoms with Gasteiger partial charge in [-0.25, -0.2) is 19.2 Å². The van der Waals surface area contributed by atoms with E-state index in [1.54, 1.807) is 14.2 Å². The molecule has 0 saturated carbocycles. The largest absolute Gasteiger partial charge is 0.493 e. The van der Waals surface area contributed by atoms with Crippen LogP contribution in [0, 0.1) is 0 Å². The molecule has 42 heavy (non-hydrogen) atoms. The molecule has 1 fully saturated rings. The Morgan fingerprint density at radius 1 is 0.762 bits per heavy atom. The van der Waals surface area contributed by atoms with Crippen LogP contribution in [0.15, 0.2) is 48.5 Å². The Labute approximate surface area is 243 Å². The lowest BCUT2D eigenvalue weighted by Gasteiger charge is -2.38. The van der Waals surface area contributed by atoms with Crippen LogP contribution in [0.25, 0.3) is 0 Å². The number of amides is 1. The van der Waals surface area contributed by atoms with E-state index in [0.29, 0.717) is 6.54 Å². The van der Waals surface area contributed by atoms with Crippen molar-refractivity contribution in [1.82, 2.24) is 14.7 Å². The third-order valence-corrected chi connectivity index (χ3v) is 6.17. The van der Waals surface area contributed by atoms with Gasteiger partial charge in [-0.3, -0.25) is 14.6 Å². The molecular weight excluding hydrogens is 554 g/mol. The molecule has 14 nitrogen and oxygen atoms in total. The number of carbonyl (C=O) groups excluding carboxylic acids is 1. The van der Waals surface area contributed by atoms with Gasteiger partial charge in [0.25, 0.3) is 0 Å². The lowest BCUT2D eigenvalue weighted by Crippen LogP contribution is -2.53. The number of piperazine rings is 1. The van der Waals surface area contributed by atoms with E-state index in [4.69, 9.17) is 49.1 Å². The van der Waals surface area contributed by atoms with Crippen molar-refractivity contribution in [1.29, 1.82) is 0 Å².